The van der Waals surface area contributed by atoms with E-state index in [1.165, 1.54) is 21.2 Å². The summed E-state index contributed by atoms with van der Waals surface area (Å²) >= 11 is 3.52. The molecule has 1 aliphatic carbocycles. The highest BCUT2D eigenvalue weighted by atomic mass is 79.9. The summed E-state index contributed by atoms with van der Waals surface area (Å²) in [6, 6.07) is 8.75. The van der Waals surface area contributed by atoms with E-state index in [1.807, 2.05) is 13.8 Å². The van der Waals surface area contributed by atoms with Gasteiger partial charge in [0.15, 0.2) is 0 Å². The molecule has 2 rings (SSSR count). The zero-order valence-corrected chi connectivity index (χ0v) is 11.8. The number of rotatable bonds is 1. The molecule has 0 radical (unpaired) electrons. The fourth-order valence-corrected chi connectivity index (χ4v) is 1.95. The fourth-order valence-electron chi connectivity index (χ4n) is 1.62. The molecule has 16 heavy (non-hydrogen) atoms. The zero-order valence-electron chi connectivity index (χ0n) is 10.3. The number of benzene rings is 1. The monoisotopic (exact) mass is 278 g/mol. The molecule has 1 aromatic carbocycles. The van der Waals surface area contributed by atoms with Gasteiger partial charge in [-0.3, -0.25) is 0 Å². The Morgan fingerprint density at radius 3 is 2.06 bits per heavy atom. The van der Waals surface area contributed by atoms with Gasteiger partial charge in [0, 0.05) is 0 Å². The SMILES string of the molecule is CC.Cc1ccc(C2=CC=C(Br)CC2)cc1. The Hall–Kier alpha value is -0.820. The van der Waals surface area contributed by atoms with Gasteiger partial charge in [0.05, 0.1) is 0 Å². The van der Waals surface area contributed by atoms with Crippen molar-refractivity contribution in [3.05, 3.63) is 52.0 Å². The van der Waals surface area contributed by atoms with Crippen molar-refractivity contribution in [3.8, 4) is 0 Å². The van der Waals surface area contributed by atoms with E-state index in [4.69, 9.17) is 0 Å². The van der Waals surface area contributed by atoms with Gasteiger partial charge in [-0.1, -0.05) is 71.8 Å². The topological polar surface area (TPSA) is 0 Å². The molecule has 0 amide bonds. The summed E-state index contributed by atoms with van der Waals surface area (Å²) in [7, 11) is 0. The van der Waals surface area contributed by atoms with Crippen LogP contribution in [-0.2, 0) is 0 Å². The Balaban J connectivity index is 0.000000606. The standard InChI is InChI=1S/C13H13Br.C2H6/c1-10-2-4-11(5-3-10)12-6-8-13(14)9-7-12;1-2/h2-6,8H,7,9H2,1H3;1-2H3. The van der Waals surface area contributed by atoms with Gasteiger partial charge in [0.2, 0.25) is 0 Å². The number of hydrogen-bond donors (Lipinski definition) is 0. The summed E-state index contributed by atoms with van der Waals surface area (Å²) in [4.78, 5) is 0. The molecule has 0 spiro atoms. The van der Waals surface area contributed by atoms with E-state index in [0.717, 1.165) is 12.8 Å². The van der Waals surface area contributed by atoms with Crippen molar-refractivity contribution in [2.45, 2.75) is 33.6 Å². The quantitative estimate of drug-likeness (QED) is 0.638. The van der Waals surface area contributed by atoms with E-state index in [1.54, 1.807) is 0 Å². The molecule has 0 nitrogen and oxygen atoms in total. The highest BCUT2D eigenvalue weighted by Gasteiger charge is 2.05. The van der Waals surface area contributed by atoms with Crippen LogP contribution in [0, 0.1) is 6.92 Å². The Kier molecular flexibility index (Phi) is 5.54. The maximum absolute atomic E-state index is 3.52. The van der Waals surface area contributed by atoms with E-state index in [-0.39, 0.29) is 0 Å². The maximum atomic E-state index is 3.52. The lowest BCUT2D eigenvalue weighted by molar-refractivity contribution is 1.04. The molecular weight excluding hydrogens is 260 g/mol. The molecule has 0 heterocycles. The normalized spacial score (nSPS) is 14.5. The second-order valence-electron chi connectivity index (χ2n) is 3.67. The Morgan fingerprint density at radius 1 is 0.938 bits per heavy atom. The van der Waals surface area contributed by atoms with Gasteiger partial charge in [0.25, 0.3) is 0 Å². The Morgan fingerprint density at radius 2 is 1.56 bits per heavy atom. The van der Waals surface area contributed by atoms with Crippen LogP contribution >= 0.6 is 15.9 Å². The molecule has 0 bridgehead atoms. The molecule has 0 atom stereocenters. The lowest BCUT2D eigenvalue weighted by Gasteiger charge is -2.11. The minimum Gasteiger partial charge on any atom is -0.0683 e. The van der Waals surface area contributed by atoms with Crippen LogP contribution in [0.3, 0.4) is 0 Å². The highest BCUT2D eigenvalue weighted by molar-refractivity contribution is 9.11. The van der Waals surface area contributed by atoms with Crippen LogP contribution in [0.5, 0.6) is 0 Å². The van der Waals surface area contributed by atoms with Gasteiger partial charge >= 0.3 is 0 Å². The average Bonchev–Trinajstić information content (AvgIpc) is 2.34. The summed E-state index contributed by atoms with van der Waals surface area (Å²) in [6.45, 7) is 6.12. The number of hydrogen-bond acceptors (Lipinski definition) is 0. The third-order valence-electron chi connectivity index (χ3n) is 2.52. The van der Waals surface area contributed by atoms with Crippen LogP contribution in [0.2, 0.25) is 0 Å². The van der Waals surface area contributed by atoms with Crippen LogP contribution in [0.4, 0.5) is 0 Å². The lowest BCUT2D eigenvalue weighted by Crippen LogP contribution is -1.89. The first-order valence-corrected chi connectivity index (χ1v) is 6.67. The van der Waals surface area contributed by atoms with Crippen LogP contribution in [0.25, 0.3) is 5.57 Å². The van der Waals surface area contributed by atoms with Gasteiger partial charge in [-0.15, -0.1) is 0 Å². The van der Waals surface area contributed by atoms with E-state index in [0.29, 0.717) is 0 Å². The number of allylic oxidation sites excluding steroid dienone is 4. The van der Waals surface area contributed by atoms with Crippen molar-refractivity contribution in [2.24, 2.45) is 0 Å². The third kappa shape index (κ3) is 3.64. The minimum absolute atomic E-state index is 1.12. The maximum Gasteiger partial charge on any atom is -0.00460 e. The second kappa shape index (κ2) is 6.70. The molecule has 0 fully saturated rings. The second-order valence-corrected chi connectivity index (χ2v) is 4.69. The van der Waals surface area contributed by atoms with Crippen molar-refractivity contribution in [1.82, 2.24) is 0 Å². The van der Waals surface area contributed by atoms with Crippen LogP contribution in [0.15, 0.2) is 40.9 Å². The fraction of sp³-hybridized carbons (Fsp3) is 0.333. The minimum atomic E-state index is 1.12. The molecular formula is C15H19Br. The molecule has 0 saturated carbocycles. The molecule has 1 heteroatoms. The van der Waals surface area contributed by atoms with Crippen molar-refractivity contribution < 1.29 is 0 Å². The lowest BCUT2D eigenvalue weighted by atomic mass is 9.97. The van der Waals surface area contributed by atoms with Crippen LogP contribution < -0.4 is 0 Å². The molecule has 1 aromatic rings. The molecule has 0 aromatic heterocycles. The third-order valence-corrected chi connectivity index (χ3v) is 3.18. The van der Waals surface area contributed by atoms with Crippen molar-refractivity contribution in [3.63, 3.8) is 0 Å². The smallest absolute Gasteiger partial charge is 0.00460 e. The Labute approximate surface area is 107 Å². The average molecular weight is 279 g/mol. The largest absolute Gasteiger partial charge is 0.0683 e. The zero-order chi connectivity index (χ0) is 12.0. The summed E-state index contributed by atoms with van der Waals surface area (Å²) in [5.74, 6) is 0. The van der Waals surface area contributed by atoms with Gasteiger partial charge in [-0.2, -0.15) is 0 Å². The van der Waals surface area contributed by atoms with Crippen LogP contribution in [-0.4, -0.2) is 0 Å². The summed E-state index contributed by atoms with van der Waals surface area (Å²) < 4.78 is 1.30. The number of aryl methyl sites for hydroxylation is 1. The van der Waals surface area contributed by atoms with E-state index in [2.05, 4.69) is 59.3 Å². The summed E-state index contributed by atoms with van der Waals surface area (Å²) in [5, 5.41) is 0. The predicted molar refractivity (Wildman–Crippen MR) is 76.7 cm³/mol. The van der Waals surface area contributed by atoms with E-state index in [9.17, 15) is 0 Å². The first-order chi connectivity index (χ1) is 7.75. The van der Waals surface area contributed by atoms with Crippen LogP contribution in [0.1, 0.15) is 37.8 Å². The molecule has 0 N–H and O–H groups in total. The highest BCUT2D eigenvalue weighted by Crippen LogP contribution is 2.28. The van der Waals surface area contributed by atoms with Gasteiger partial charge in [-0.05, 0) is 35.4 Å². The predicted octanol–water partition coefficient (Wildman–Crippen LogP) is 5.48. The number of halogens is 1. The van der Waals surface area contributed by atoms with E-state index >= 15 is 0 Å². The first kappa shape index (κ1) is 13.2. The van der Waals surface area contributed by atoms with Gasteiger partial charge < -0.3 is 0 Å². The molecule has 0 aliphatic heterocycles. The summed E-state index contributed by atoms with van der Waals surface area (Å²) in [5.41, 5.74) is 4.11. The van der Waals surface area contributed by atoms with E-state index < -0.39 is 0 Å². The van der Waals surface area contributed by atoms with Crippen molar-refractivity contribution >= 4 is 21.5 Å². The first-order valence-electron chi connectivity index (χ1n) is 5.88. The van der Waals surface area contributed by atoms with Gasteiger partial charge in [-0.25, -0.2) is 0 Å². The Bertz CT molecular complexity index is 382. The molecule has 0 unspecified atom stereocenters. The van der Waals surface area contributed by atoms with Gasteiger partial charge in [0.1, 0.15) is 0 Å². The summed E-state index contributed by atoms with van der Waals surface area (Å²) in [6.07, 6.45) is 6.62. The van der Waals surface area contributed by atoms with Crippen molar-refractivity contribution in [2.75, 3.05) is 0 Å². The molecule has 0 saturated heterocycles. The van der Waals surface area contributed by atoms with Crippen molar-refractivity contribution in [1.29, 1.82) is 0 Å². The molecule has 86 valence electrons. The molecule has 1 aliphatic rings.